The highest BCUT2D eigenvalue weighted by atomic mass is 16.5. The highest BCUT2D eigenvalue weighted by Gasteiger charge is 2.18. The van der Waals surface area contributed by atoms with Gasteiger partial charge in [-0.3, -0.25) is 9.59 Å². The molecule has 1 aliphatic rings. The summed E-state index contributed by atoms with van der Waals surface area (Å²) in [4.78, 5) is 27.4. The molecule has 0 saturated carbocycles. The molecule has 0 aromatic heterocycles. The predicted octanol–water partition coefficient (Wildman–Crippen LogP) is 14.8. The molecule has 5 heteroatoms. The number of unbranched alkanes of at least 4 members (excludes halogenated alkanes) is 14. The van der Waals surface area contributed by atoms with Gasteiger partial charge < -0.3 is 14.4 Å². The number of nitrogens with zero attached hydrogens (tertiary/aromatic N) is 1. The van der Waals surface area contributed by atoms with Crippen molar-refractivity contribution in [3.63, 3.8) is 0 Å². The van der Waals surface area contributed by atoms with Gasteiger partial charge >= 0.3 is 11.9 Å². The zero-order chi connectivity index (χ0) is 40.5. The number of carbonyl (C=O) groups is 2. The van der Waals surface area contributed by atoms with E-state index in [-0.39, 0.29) is 11.9 Å². The Balaban J connectivity index is 2.19. The second-order valence-electron chi connectivity index (χ2n) is 19.6. The molecule has 0 radical (unpaired) electrons. The second kappa shape index (κ2) is 34.9. The molecule has 0 N–H and O–H groups in total. The topological polar surface area (TPSA) is 55.8 Å². The summed E-state index contributed by atoms with van der Waals surface area (Å²) in [6.45, 7) is 23.3. The van der Waals surface area contributed by atoms with Crippen LogP contribution in [-0.4, -0.2) is 49.7 Å². The zero-order valence-corrected chi connectivity index (χ0v) is 38.5. The molecule has 0 spiro atoms. The highest BCUT2D eigenvalue weighted by Crippen LogP contribution is 2.26. The summed E-state index contributed by atoms with van der Waals surface area (Å²) in [7, 11) is 0. The van der Waals surface area contributed by atoms with Crippen LogP contribution in [0.4, 0.5) is 0 Å². The fourth-order valence-corrected chi connectivity index (χ4v) is 8.41. The molecule has 1 rings (SSSR count). The first kappa shape index (κ1) is 51.9. The average molecular weight is 776 g/mol. The van der Waals surface area contributed by atoms with Gasteiger partial charge in [-0.1, -0.05) is 177 Å². The van der Waals surface area contributed by atoms with Crippen LogP contribution in [0.25, 0.3) is 0 Å². The lowest BCUT2D eigenvalue weighted by atomic mass is 9.89. The van der Waals surface area contributed by atoms with Crippen LogP contribution in [0, 0.1) is 41.4 Å². The Bertz CT molecular complexity index is 821. The highest BCUT2D eigenvalue weighted by molar-refractivity contribution is 5.69. The van der Waals surface area contributed by atoms with Gasteiger partial charge in [-0.05, 0) is 106 Å². The van der Waals surface area contributed by atoms with Gasteiger partial charge in [0.2, 0.25) is 0 Å². The monoisotopic (exact) mass is 776 g/mol. The molecule has 2 unspecified atom stereocenters. The van der Waals surface area contributed by atoms with Crippen LogP contribution in [0.5, 0.6) is 0 Å². The number of hydrogen-bond donors (Lipinski definition) is 0. The lowest BCUT2D eigenvalue weighted by molar-refractivity contribution is -0.146. The fraction of sp³-hybridized carbons (Fsp3) is 0.960. The van der Waals surface area contributed by atoms with Crippen molar-refractivity contribution in [2.24, 2.45) is 41.4 Å². The average Bonchev–Trinajstić information content (AvgIpc) is 3.66. The molecule has 326 valence electrons. The van der Waals surface area contributed by atoms with Gasteiger partial charge in [0.15, 0.2) is 0 Å². The van der Waals surface area contributed by atoms with Gasteiger partial charge in [0.05, 0.1) is 13.2 Å². The van der Waals surface area contributed by atoms with E-state index in [1.165, 1.54) is 148 Å². The van der Waals surface area contributed by atoms with Crippen molar-refractivity contribution in [2.75, 3.05) is 32.8 Å². The molecule has 0 aromatic carbocycles. The molecule has 1 heterocycles. The number of carbonyl (C=O) groups excluding carboxylic acids is 2. The van der Waals surface area contributed by atoms with Crippen molar-refractivity contribution < 1.29 is 19.1 Å². The van der Waals surface area contributed by atoms with Crippen LogP contribution in [0.1, 0.15) is 235 Å². The fourth-order valence-electron chi connectivity index (χ4n) is 8.41. The summed E-state index contributed by atoms with van der Waals surface area (Å²) in [5.41, 5.74) is 0. The molecule has 0 aliphatic carbocycles. The molecule has 55 heavy (non-hydrogen) atoms. The Morgan fingerprint density at radius 2 is 0.782 bits per heavy atom. The van der Waals surface area contributed by atoms with Crippen LogP contribution >= 0.6 is 0 Å². The SMILES string of the molecule is CC(C)CCC(COC(=O)CCCCCCCCCC(CCCCCCCCCC(=O)OCC(CCC(C)C)C(C)C)CCCCCN1CCCC1)C(C)C. The number of rotatable bonds is 38. The maximum Gasteiger partial charge on any atom is 0.305 e. The lowest BCUT2D eigenvalue weighted by Crippen LogP contribution is -2.20. The Kier molecular flexibility index (Phi) is 32.9. The Labute approximate surface area is 344 Å². The molecule has 0 bridgehead atoms. The first-order valence-electron chi connectivity index (χ1n) is 24.5. The van der Waals surface area contributed by atoms with Crippen LogP contribution < -0.4 is 0 Å². The third-order valence-electron chi connectivity index (χ3n) is 12.8. The summed E-state index contributed by atoms with van der Waals surface area (Å²) in [5.74, 6) is 4.45. The minimum absolute atomic E-state index is 0.00853. The first-order valence-corrected chi connectivity index (χ1v) is 24.5. The standard InChI is InChI=1S/C50H97NO4/c1-42(2)33-35-47(44(5)6)40-54-49(52)31-23-17-13-9-11-15-20-28-46(30-22-19-25-37-51-38-26-27-39-51)29-21-16-12-10-14-18-24-32-50(53)55-41-48(45(7)8)36-34-43(3)4/h42-48H,9-41H2,1-8H3. The smallest absolute Gasteiger partial charge is 0.305 e. The van der Waals surface area contributed by atoms with Gasteiger partial charge in [-0.15, -0.1) is 0 Å². The van der Waals surface area contributed by atoms with E-state index >= 15 is 0 Å². The Morgan fingerprint density at radius 3 is 1.15 bits per heavy atom. The van der Waals surface area contributed by atoms with Crippen molar-refractivity contribution in [3.8, 4) is 0 Å². The van der Waals surface area contributed by atoms with Crippen LogP contribution in [0.2, 0.25) is 0 Å². The summed E-state index contributed by atoms with van der Waals surface area (Å²) in [6.07, 6.45) is 34.7. The maximum absolute atomic E-state index is 12.3. The van der Waals surface area contributed by atoms with Crippen molar-refractivity contribution >= 4 is 11.9 Å². The van der Waals surface area contributed by atoms with E-state index in [0.717, 1.165) is 44.4 Å². The molecule has 1 saturated heterocycles. The van der Waals surface area contributed by atoms with E-state index in [1.54, 1.807) is 0 Å². The van der Waals surface area contributed by atoms with E-state index in [9.17, 15) is 9.59 Å². The van der Waals surface area contributed by atoms with E-state index < -0.39 is 0 Å². The molecular weight excluding hydrogens is 679 g/mol. The molecule has 0 amide bonds. The minimum atomic E-state index is 0.00853. The summed E-state index contributed by atoms with van der Waals surface area (Å²) < 4.78 is 11.4. The normalized spacial score (nSPS) is 15.4. The summed E-state index contributed by atoms with van der Waals surface area (Å²) >= 11 is 0. The van der Waals surface area contributed by atoms with Crippen molar-refractivity contribution in [1.82, 2.24) is 4.90 Å². The lowest BCUT2D eigenvalue weighted by Gasteiger charge is -2.21. The van der Waals surface area contributed by atoms with E-state index in [0.29, 0.717) is 61.6 Å². The van der Waals surface area contributed by atoms with Crippen molar-refractivity contribution in [1.29, 1.82) is 0 Å². The van der Waals surface area contributed by atoms with E-state index in [4.69, 9.17) is 9.47 Å². The van der Waals surface area contributed by atoms with Crippen LogP contribution in [0.15, 0.2) is 0 Å². The number of ether oxygens (including phenoxy) is 2. The number of hydrogen-bond acceptors (Lipinski definition) is 5. The summed E-state index contributed by atoms with van der Waals surface area (Å²) in [6, 6.07) is 0. The van der Waals surface area contributed by atoms with Gasteiger partial charge in [0.25, 0.3) is 0 Å². The number of likely N-dealkylation sites (tertiary alicyclic amines) is 1. The maximum atomic E-state index is 12.3. The second-order valence-corrected chi connectivity index (χ2v) is 19.6. The van der Waals surface area contributed by atoms with Gasteiger partial charge in [0, 0.05) is 12.8 Å². The van der Waals surface area contributed by atoms with Gasteiger partial charge in [-0.2, -0.15) is 0 Å². The minimum Gasteiger partial charge on any atom is -0.465 e. The molecule has 1 aliphatic heterocycles. The van der Waals surface area contributed by atoms with E-state index in [2.05, 4.69) is 60.3 Å². The molecular formula is C50H97NO4. The number of esters is 2. The Hall–Kier alpha value is -1.10. The molecule has 0 aromatic rings. The zero-order valence-electron chi connectivity index (χ0n) is 38.5. The van der Waals surface area contributed by atoms with Gasteiger partial charge in [0.1, 0.15) is 0 Å². The van der Waals surface area contributed by atoms with Gasteiger partial charge in [-0.25, -0.2) is 0 Å². The molecule has 5 nitrogen and oxygen atoms in total. The van der Waals surface area contributed by atoms with Crippen LogP contribution in [0.3, 0.4) is 0 Å². The van der Waals surface area contributed by atoms with Crippen LogP contribution in [-0.2, 0) is 19.1 Å². The largest absolute Gasteiger partial charge is 0.465 e. The summed E-state index contributed by atoms with van der Waals surface area (Å²) in [5, 5.41) is 0. The molecule has 1 fully saturated rings. The van der Waals surface area contributed by atoms with Crippen molar-refractivity contribution in [3.05, 3.63) is 0 Å². The first-order chi connectivity index (χ1) is 26.5. The predicted molar refractivity (Wildman–Crippen MR) is 237 cm³/mol. The molecule has 2 atom stereocenters. The Morgan fingerprint density at radius 1 is 0.436 bits per heavy atom. The van der Waals surface area contributed by atoms with Crippen molar-refractivity contribution in [2.45, 2.75) is 235 Å². The third kappa shape index (κ3) is 31.6. The van der Waals surface area contributed by atoms with E-state index in [1.807, 2.05) is 0 Å². The third-order valence-corrected chi connectivity index (χ3v) is 12.8. The quantitative estimate of drug-likeness (QED) is 0.0462.